The van der Waals surface area contributed by atoms with Gasteiger partial charge in [0.2, 0.25) is 0 Å². The minimum absolute atomic E-state index is 0.774. The monoisotopic (exact) mass is 491 g/mol. The van der Waals surface area contributed by atoms with E-state index in [9.17, 15) is 0 Å². The van der Waals surface area contributed by atoms with Crippen LogP contribution in [0.25, 0.3) is 33.9 Å². The number of aromatic nitrogens is 3. The van der Waals surface area contributed by atoms with E-state index in [2.05, 4.69) is 52.4 Å². The molecule has 0 saturated heterocycles. The molecule has 4 nitrogen and oxygen atoms in total. The molecule has 0 spiro atoms. The zero-order valence-electron chi connectivity index (χ0n) is 20.7. The molecule has 0 aliphatic carbocycles. The Labute approximate surface area is 222 Å². The maximum absolute atomic E-state index is 6.12. The van der Waals surface area contributed by atoms with E-state index in [-0.39, 0.29) is 0 Å². The molecule has 0 unspecified atom stereocenters. The lowest BCUT2D eigenvalue weighted by atomic mass is 10.0. The summed E-state index contributed by atoms with van der Waals surface area (Å²) in [6.45, 7) is 0. The van der Waals surface area contributed by atoms with Gasteiger partial charge < -0.3 is 4.74 Å². The molecule has 4 heteroatoms. The molecule has 3 aromatic heterocycles. The lowest BCUT2D eigenvalue weighted by Crippen LogP contribution is -1.93. The number of rotatable bonds is 7. The number of ether oxygens (including phenoxy) is 1. The smallest absolute Gasteiger partial charge is 0.127 e. The molecular formula is C34H25N3O. The minimum atomic E-state index is 0.774. The predicted molar refractivity (Wildman–Crippen MR) is 152 cm³/mol. The van der Waals surface area contributed by atoms with Crippen LogP contribution in [0.1, 0.15) is 11.1 Å². The van der Waals surface area contributed by atoms with Gasteiger partial charge >= 0.3 is 0 Å². The van der Waals surface area contributed by atoms with Crippen LogP contribution in [0.15, 0.2) is 140 Å². The van der Waals surface area contributed by atoms with Crippen LogP contribution in [0, 0.1) is 0 Å². The van der Waals surface area contributed by atoms with Crippen LogP contribution >= 0.6 is 0 Å². The molecule has 3 aromatic carbocycles. The van der Waals surface area contributed by atoms with Gasteiger partial charge in [0.15, 0.2) is 0 Å². The molecule has 38 heavy (non-hydrogen) atoms. The number of pyridine rings is 3. The summed E-state index contributed by atoms with van der Waals surface area (Å²) >= 11 is 0. The van der Waals surface area contributed by atoms with Gasteiger partial charge in [0.1, 0.15) is 11.5 Å². The lowest BCUT2D eigenvalue weighted by molar-refractivity contribution is 0.482. The second-order valence-corrected chi connectivity index (χ2v) is 8.99. The Morgan fingerprint density at radius 2 is 1.03 bits per heavy atom. The Kier molecular flexibility index (Phi) is 6.68. The highest BCUT2D eigenvalue weighted by Gasteiger charge is 2.10. The summed E-state index contributed by atoms with van der Waals surface area (Å²) in [7, 11) is 0. The van der Waals surface area contributed by atoms with E-state index in [1.54, 1.807) is 12.4 Å². The predicted octanol–water partition coefficient (Wildman–Crippen LogP) is 8.26. The Morgan fingerprint density at radius 1 is 0.447 bits per heavy atom. The van der Waals surface area contributed by atoms with Crippen LogP contribution < -0.4 is 4.74 Å². The highest BCUT2D eigenvalue weighted by Crippen LogP contribution is 2.30. The first-order chi connectivity index (χ1) is 18.8. The molecule has 0 aliphatic rings. The summed E-state index contributed by atoms with van der Waals surface area (Å²) in [4.78, 5) is 14.0. The fourth-order valence-electron chi connectivity index (χ4n) is 4.34. The van der Waals surface area contributed by atoms with Gasteiger partial charge in [0, 0.05) is 23.5 Å². The Morgan fingerprint density at radius 3 is 1.68 bits per heavy atom. The molecule has 0 radical (unpaired) electrons. The fraction of sp³-hybridized carbons (Fsp3) is 0.0294. The van der Waals surface area contributed by atoms with E-state index < -0.39 is 0 Å². The third-order valence-electron chi connectivity index (χ3n) is 6.27. The van der Waals surface area contributed by atoms with Gasteiger partial charge in [-0.3, -0.25) is 9.97 Å². The van der Waals surface area contributed by atoms with Gasteiger partial charge in [-0.1, -0.05) is 54.6 Å². The lowest BCUT2D eigenvalue weighted by Gasteiger charge is -2.11. The van der Waals surface area contributed by atoms with Crippen LogP contribution in [-0.2, 0) is 6.42 Å². The van der Waals surface area contributed by atoms with E-state index in [1.165, 1.54) is 11.1 Å². The Balaban J connectivity index is 1.24. The van der Waals surface area contributed by atoms with Gasteiger partial charge in [-0.25, -0.2) is 4.98 Å². The third kappa shape index (κ3) is 5.50. The zero-order chi connectivity index (χ0) is 25.6. The van der Waals surface area contributed by atoms with Crippen molar-refractivity contribution in [1.29, 1.82) is 0 Å². The summed E-state index contributed by atoms with van der Waals surface area (Å²) in [6, 6.07) is 42.6. The van der Waals surface area contributed by atoms with Gasteiger partial charge in [-0.2, -0.15) is 0 Å². The molecule has 0 fully saturated rings. The van der Waals surface area contributed by atoms with Gasteiger partial charge in [-0.05, 0) is 90.3 Å². The summed E-state index contributed by atoms with van der Waals surface area (Å²) in [5, 5.41) is 0. The fourth-order valence-corrected chi connectivity index (χ4v) is 4.34. The maximum Gasteiger partial charge on any atom is 0.127 e. The van der Waals surface area contributed by atoms with Crippen molar-refractivity contribution in [3.8, 4) is 45.4 Å². The number of hydrogen-bond donors (Lipinski definition) is 0. The van der Waals surface area contributed by atoms with Gasteiger partial charge in [0.05, 0.1) is 22.8 Å². The first-order valence-electron chi connectivity index (χ1n) is 12.6. The molecule has 0 bridgehead atoms. The molecule has 0 aliphatic heterocycles. The van der Waals surface area contributed by atoms with Crippen LogP contribution in [0.3, 0.4) is 0 Å². The maximum atomic E-state index is 6.12. The molecule has 0 atom stereocenters. The first kappa shape index (κ1) is 23.3. The van der Waals surface area contributed by atoms with Crippen molar-refractivity contribution < 1.29 is 4.74 Å². The normalized spacial score (nSPS) is 10.7. The van der Waals surface area contributed by atoms with Crippen molar-refractivity contribution in [2.75, 3.05) is 0 Å². The molecule has 3 heterocycles. The van der Waals surface area contributed by atoms with E-state index in [1.807, 2.05) is 84.9 Å². The van der Waals surface area contributed by atoms with Crippen molar-refractivity contribution in [3.05, 3.63) is 151 Å². The molecule has 0 saturated carbocycles. The van der Waals surface area contributed by atoms with E-state index in [0.29, 0.717) is 0 Å². The van der Waals surface area contributed by atoms with Crippen molar-refractivity contribution in [3.63, 3.8) is 0 Å². The number of benzene rings is 3. The first-order valence-corrected chi connectivity index (χ1v) is 12.6. The second-order valence-electron chi connectivity index (χ2n) is 8.99. The molecule has 182 valence electrons. The van der Waals surface area contributed by atoms with Crippen molar-refractivity contribution >= 4 is 0 Å². The van der Waals surface area contributed by atoms with E-state index >= 15 is 0 Å². The summed E-state index contributed by atoms with van der Waals surface area (Å²) in [5.41, 5.74) is 7.90. The van der Waals surface area contributed by atoms with E-state index in [4.69, 9.17) is 9.72 Å². The standard InChI is InChI=1S/C34H25N3O/c1-2-8-25(9-3-1)22-26-12-16-29(17-13-26)38-30-18-14-27(15-19-30)33-23-28(31-10-4-6-20-35-31)24-34(37-33)32-11-5-7-21-36-32/h1-21,23-24H,22H2. The van der Waals surface area contributed by atoms with Crippen molar-refractivity contribution in [2.24, 2.45) is 0 Å². The average molecular weight is 492 g/mol. The molecule has 0 amide bonds. The topological polar surface area (TPSA) is 47.9 Å². The zero-order valence-corrected chi connectivity index (χ0v) is 20.7. The van der Waals surface area contributed by atoms with Crippen molar-refractivity contribution in [1.82, 2.24) is 15.0 Å². The average Bonchev–Trinajstić information content (AvgIpc) is 3.00. The highest BCUT2D eigenvalue weighted by atomic mass is 16.5. The third-order valence-corrected chi connectivity index (χ3v) is 6.27. The Hall–Kier alpha value is -5.09. The molecule has 6 rings (SSSR count). The van der Waals surface area contributed by atoms with Gasteiger partial charge in [-0.15, -0.1) is 0 Å². The second kappa shape index (κ2) is 10.9. The SMILES string of the molecule is c1ccc(Cc2ccc(Oc3ccc(-c4cc(-c5ccccn5)cc(-c5ccccn5)n4)cc3)cc2)cc1. The van der Waals surface area contributed by atoms with Crippen LogP contribution in [0.2, 0.25) is 0 Å². The quantitative estimate of drug-likeness (QED) is 0.226. The molecule has 6 aromatic rings. The van der Waals surface area contributed by atoms with E-state index in [0.717, 1.165) is 51.8 Å². The highest BCUT2D eigenvalue weighted by molar-refractivity contribution is 5.74. The number of hydrogen-bond acceptors (Lipinski definition) is 4. The molecular weight excluding hydrogens is 466 g/mol. The van der Waals surface area contributed by atoms with Crippen LogP contribution in [0.4, 0.5) is 0 Å². The van der Waals surface area contributed by atoms with Crippen molar-refractivity contribution in [2.45, 2.75) is 6.42 Å². The summed E-state index contributed by atoms with van der Waals surface area (Å²) < 4.78 is 6.12. The van der Waals surface area contributed by atoms with Crippen LogP contribution in [0.5, 0.6) is 11.5 Å². The summed E-state index contributed by atoms with van der Waals surface area (Å²) in [6.07, 6.45) is 4.49. The Bertz CT molecular complexity index is 1560. The summed E-state index contributed by atoms with van der Waals surface area (Å²) in [5.74, 6) is 1.58. The van der Waals surface area contributed by atoms with Crippen LogP contribution in [-0.4, -0.2) is 15.0 Å². The minimum Gasteiger partial charge on any atom is -0.457 e. The molecule has 0 N–H and O–H groups in total. The number of nitrogens with zero attached hydrogens (tertiary/aromatic N) is 3. The largest absolute Gasteiger partial charge is 0.457 e. The van der Waals surface area contributed by atoms with Gasteiger partial charge in [0.25, 0.3) is 0 Å².